The summed E-state index contributed by atoms with van der Waals surface area (Å²) in [4.78, 5) is 22.4. The van der Waals surface area contributed by atoms with Crippen LogP contribution >= 0.6 is 23.1 Å². The number of aromatic nitrogens is 3. The SMILES string of the molecule is Cc1cc(C(=O)CSc2ncnc3sccc23)c(C)n1C[C@H]1CCCO1. The lowest BCUT2D eigenvalue weighted by Gasteiger charge is -2.14. The lowest BCUT2D eigenvalue weighted by atomic mass is 10.2. The molecule has 0 aliphatic carbocycles. The van der Waals surface area contributed by atoms with E-state index in [2.05, 4.69) is 21.5 Å². The van der Waals surface area contributed by atoms with E-state index in [1.807, 2.05) is 24.4 Å². The van der Waals surface area contributed by atoms with E-state index in [9.17, 15) is 4.79 Å². The van der Waals surface area contributed by atoms with Gasteiger partial charge in [0.25, 0.3) is 0 Å². The number of carbonyl (C=O) groups excluding carboxylic acids is 1. The highest BCUT2D eigenvalue weighted by Crippen LogP contribution is 2.29. The lowest BCUT2D eigenvalue weighted by molar-refractivity contribution is 0.0957. The zero-order valence-corrected chi connectivity index (χ0v) is 16.5. The average Bonchev–Trinajstić information content (AvgIpc) is 3.37. The second-order valence-corrected chi connectivity index (χ2v) is 8.42. The molecule has 0 unspecified atom stereocenters. The van der Waals surface area contributed by atoms with E-state index in [-0.39, 0.29) is 11.9 Å². The highest BCUT2D eigenvalue weighted by molar-refractivity contribution is 8.00. The van der Waals surface area contributed by atoms with Crippen molar-refractivity contribution in [3.63, 3.8) is 0 Å². The van der Waals surface area contributed by atoms with Crippen LogP contribution < -0.4 is 0 Å². The van der Waals surface area contributed by atoms with E-state index in [1.54, 1.807) is 17.7 Å². The van der Waals surface area contributed by atoms with Gasteiger partial charge in [-0.1, -0.05) is 11.8 Å². The largest absolute Gasteiger partial charge is 0.376 e. The van der Waals surface area contributed by atoms with Crippen LogP contribution in [0.3, 0.4) is 0 Å². The highest BCUT2D eigenvalue weighted by Gasteiger charge is 2.21. The summed E-state index contributed by atoms with van der Waals surface area (Å²) < 4.78 is 7.97. The number of rotatable bonds is 6. The molecule has 3 aromatic rings. The number of aryl methyl sites for hydroxylation is 1. The Balaban J connectivity index is 1.48. The predicted molar refractivity (Wildman–Crippen MR) is 105 cm³/mol. The quantitative estimate of drug-likeness (QED) is 0.359. The van der Waals surface area contributed by atoms with Gasteiger partial charge in [-0.15, -0.1) is 11.3 Å². The number of hydrogen-bond acceptors (Lipinski definition) is 6. The molecule has 0 saturated carbocycles. The maximum absolute atomic E-state index is 12.8. The van der Waals surface area contributed by atoms with Gasteiger partial charge in [-0.2, -0.15) is 0 Å². The first-order chi connectivity index (χ1) is 12.6. The molecule has 1 saturated heterocycles. The Kier molecular flexibility index (Phi) is 5.11. The van der Waals surface area contributed by atoms with E-state index in [0.717, 1.165) is 58.2 Å². The Labute approximate surface area is 160 Å². The molecule has 3 aromatic heterocycles. The van der Waals surface area contributed by atoms with Crippen LogP contribution in [0.2, 0.25) is 0 Å². The predicted octanol–water partition coefficient (Wildman–Crippen LogP) is 4.26. The van der Waals surface area contributed by atoms with E-state index in [1.165, 1.54) is 11.8 Å². The molecule has 1 aliphatic rings. The van der Waals surface area contributed by atoms with Crippen LogP contribution in [0.5, 0.6) is 0 Å². The third-order valence-corrected chi connectivity index (χ3v) is 6.68. The molecule has 1 fully saturated rings. The van der Waals surface area contributed by atoms with Gasteiger partial charge in [0, 0.05) is 35.5 Å². The van der Waals surface area contributed by atoms with Crippen molar-refractivity contribution in [2.24, 2.45) is 0 Å². The number of thiophene rings is 1. The van der Waals surface area contributed by atoms with Gasteiger partial charge in [0.05, 0.1) is 11.9 Å². The van der Waals surface area contributed by atoms with Gasteiger partial charge >= 0.3 is 0 Å². The van der Waals surface area contributed by atoms with Crippen molar-refractivity contribution in [3.8, 4) is 0 Å². The van der Waals surface area contributed by atoms with Gasteiger partial charge in [0.1, 0.15) is 16.2 Å². The second-order valence-electron chi connectivity index (χ2n) is 6.56. The Morgan fingerprint density at radius 1 is 1.42 bits per heavy atom. The molecular formula is C19H21N3O2S2. The van der Waals surface area contributed by atoms with Gasteiger partial charge in [-0.3, -0.25) is 4.79 Å². The molecule has 1 aliphatic heterocycles. The standard InChI is InChI=1S/C19H21N3O2S2/c1-12-8-16(13(2)22(12)9-14-4-3-6-24-14)17(23)10-26-19-15-5-7-25-18(15)20-11-21-19/h5,7-8,11,14H,3-4,6,9-10H2,1-2H3/t14-/m1/s1. The first-order valence-electron chi connectivity index (χ1n) is 8.76. The third kappa shape index (κ3) is 3.43. The number of ether oxygens (including phenoxy) is 1. The van der Waals surface area contributed by atoms with E-state index < -0.39 is 0 Å². The fraction of sp³-hybridized carbons (Fsp3) is 0.421. The first kappa shape index (κ1) is 17.7. The van der Waals surface area contributed by atoms with E-state index in [0.29, 0.717) is 5.75 Å². The van der Waals surface area contributed by atoms with Crippen molar-refractivity contribution in [1.29, 1.82) is 0 Å². The zero-order valence-electron chi connectivity index (χ0n) is 14.9. The molecule has 26 heavy (non-hydrogen) atoms. The van der Waals surface area contributed by atoms with Crippen molar-refractivity contribution in [2.75, 3.05) is 12.4 Å². The molecular weight excluding hydrogens is 366 g/mol. The average molecular weight is 388 g/mol. The summed E-state index contributed by atoms with van der Waals surface area (Å²) >= 11 is 3.08. The molecule has 0 N–H and O–H groups in total. The lowest BCUT2D eigenvalue weighted by Crippen LogP contribution is -2.17. The van der Waals surface area contributed by atoms with Gasteiger partial charge in [-0.25, -0.2) is 9.97 Å². The van der Waals surface area contributed by atoms with Gasteiger partial charge in [0.2, 0.25) is 0 Å². The number of thioether (sulfide) groups is 1. The van der Waals surface area contributed by atoms with Gasteiger partial charge < -0.3 is 9.30 Å². The summed E-state index contributed by atoms with van der Waals surface area (Å²) in [6.07, 6.45) is 4.06. The summed E-state index contributed by atoms with van der Waals surface area (Å²) in [6.45, 7) is 5.77. The minimum absolute atomic E-state index is 0.142. The van der Waals surface area contributed by atoms with Crippen molar-refractivity contribution < 1.29 is 9.53 Å². The first-order valence-corrected chi connectivity index (χ1v) is 10.6. The molecule has 0 bridgehead atoms. The Bertz CT molecular complexity index is 942. The van der Waals surface area contributed by atoms with Gasteiger partial charge in [0.15, 0.2) is 5.78 Å². The minimum Gasteiger partial charge on any atom is -0.376 e. The molecule has 0 amide bonds. The molecule has 5 nitrogen and oxygen atoms in total. The van der Waals surface area contributed by atoms with Crippen LogP contribution in [0.25, 0.3) is 10.2 Å². The fourth-order valence-corrected chi connectivity index (χ4v) is 5.11. The number of carbonyl (C=O) groups is 1. The van der Waals surface area contributed by atoms with Crippen LogP contribution in [-0.4, -0.2) is 38.8 Å². The van der Waals surface area contributed by atoms with Gasteiger partial charge in [-0.05, 0) is 44.2 Å². The van der Waals surface area contributed by atoms with Crippen LogP contribution in [-0.2, 0) is 11.3 Å². The monoisotopic (exact) mass is 387 g/mol. The Morgan fingerprint density at radius 3 is 3.12 bits per heavy atom. The highest BCUT2D eigenvalue weighted by atomic mass is 32.2. The van der Waals surface area contributed by atoms with Crippen molar-refractivity contribution >= 4 is 39.1 Å². The van der Waals surface area contributed by atoms with E-state index >= 15 is 0 Å². The third-order valence-electron chi connectivity index (χ3n) is 4.85. The molecule has 0 aromatic carbocycles. The topological polar surface area (TPSA) is 57.0 Å². The van der Waals surface area contributed by atoms with Crippen LogP contribution in [0, 0.1) is 13.8 Å². The zero-order chi connectivity index (χ0) is 18.1. The molecule has 7 heteroatoms. The molecule has 0 spiro atoms. The van der Waals surface area contributed by atoms with Crippen LogP contribution in [0.1, 0.15) is 34.6 Å². The molecule has 136 valence electrons. The number of fused-ring (bicyclic) bond motifs is 1. The number of ketones is 1. The van der Waals surface area contributed by atoms with Crippen LogP contribution in [0.15, 0.2) is 28.9 Å². The second kappa shape index (κ2) is 7.50. The summed E-state index contributed by atoms with van der Waals surface area (Å²) in [7, 11) is 0. The van der Waals surface area contributed by atoms with Crippen molar-refractivity contribution in [2.45, 2.75) is 44.4 Å². The number of hydrogen-bond donors (Lipinski definition) is 0. The summed E-state index contributed by atoms with van der Waals surface area (Å²) in [5.41, 5.74) is 2.96. The summed E-state index contributed by atoms with van der Waals surface area (Å²) in [6, 6.07) is 4.02. The molecule has 4 heterocycles. The normalized spacial score (nSPS) is 17.2. The maximum Gasteiger partial charge on any atom is 0.174 e. The molecule has 4 rings (SSSR count). The minimum atomic E-state index is 0.142. The molecule has 0 radical (unpaired) electrons. The smallest absolute Gasteiger partial charge is 0.174 e. The van der Waals surface area contributed by atoms with Crippen molar-refractivity contribution in [3.05, 3.63) is 40.8 Å². The maximum atomic E-state index is 12.8. The number of Topliss-reactive ketones (excluding diaryl/α,β-unsaturated/α-hetero) is 1. The summed E-state index contributed by atoms with van der Waals surface area (Å²) in [5, 5.41) is 3.90. The Hall–Kier alpha value is -1.70. The Morgan fingerprint density at radius 2 is 2.31 bits per heavy atom. The van der Waals surface area contributed by atoms with Crippen LogP contribution in [0.4, 0.5) is 0 Å². The fourth-order valence-electron chi connectivity index (χ4n) is 3.45. The van der Waals surface area contributed by atoms with E-state index in [4.69, 9.17) is 4.74 Å². The summed E-state index contributed by atoms with van der Waals surface area (Å²) in [5.74, 6) is 0.523. The van der Waals surface area contributed by atoms with Crippen molar-refractivity contribution in [1.82, 2.24) is 14.5 Å². The molecule has 1 atom stereocenters. The number of nitrogens with zero attached hydrogens (tertiary/aromatic N) is 3.